The van der Waals surface area contributed by atoms with Gasteiger partial charge in [-0.2, -0.15) is 0 Å². The molecule has 0 bridgehead atoms. The predicted octanol–water partition coefficient (Wildman–Crippen LogP) is 5.07. The van der Waals surface area contributed by atoms with Crippen molar-refractivity contribution >= 4 is 48.8 Å². The Kier molecular flexibility index (Phi) is 4.73. The van der Waals surface area contributed by atoms with Crippen LogP contribution in [-0.4, -0.2) is 14.7 Å². The van der Waals surface area contributed by atoms with Crippen LogP contribution < -0.4 is 5.32 Å². The van der Waals surface area contributed by atoms with E-state index in [4.69, 9.17) is 0 Å². The van der Waals surface area contributed by atoms with Crippen molar-refractivity contribution in [3.63, 3.8) is 0 Å². The molecule has 4 nitrogen and oxygen atoms in total. The Hall–Kier alpha value is -1.79. The summed E-state index contributed by atoms with van der Waals surface area (Å²) in [4.78, 5) is 4.62. The van der Waals surface area contributed by atoms with E-state index >= 15 is 0 Å². The van der Waals surface area contributed by atoms with Gasteiger partial charge in [0.25, 0.3) is 0 Å². The van der Waals surface area contributed by atoms with Crippen molar-refractivity contribution in [1.82, 2.24) is 9.55 Å². The highest BCUT2D eigenvalue weighted by Gasteiger charge is 2.11. The van der Waals surface area contributed by atoms with Gasteiger partial charge in [-0.1, -0.05) is 34.1 Å². The number of anilines is 1. The van der Waals surface area contributed by atoms with Crippen LogP contribution in [0.25, 0.3) is 11.0 Å². The Bertz CT molecular complexity index is 874. The molecule has 23 heavy (non-hydrogen) atoms. The number of rotatable bonds is 5. The molecule has 3 rings (SSSR count). The number of benzene rings is 2. The van der Waals surface area contributed by atoms with Crippen LogP contribution in [0.4, 0.5) is 5.95 Å². The second-order valence-corrected chi connectivity index (χ2v) is 6.84. The normalized spacial score (nSPS) is 10.9. The van der Waals surface area contributed by atoms with E-state index < -0.39 is 0 Å². The molecule has 0 atom stereocenters. The minimum absolute atomic E-state index is 0.229. The Morgan fingerprint density at radius 3 is 2.83 bits per heavy atom. The maximum absolute atomic E-state index is 10.2. The molecule has 0 aliphatic heterocycles. The van der Waals surface area contributed by atoms with Crippen molar-refractivity contribution in [2.75, 3.05) is 5.32 Å². The molecule has 0 spiro atoms. The van der Waals surface area contributed by atoms with E-state index in [-0.39, 0.29) is 5.75 Å². The van der Waals surface area contributed by atoms with Crippen LogP contribution in [-0.2, 0) is 13.1 Å². The summed E-state index contributed by atoms with van der Waals surface area (Å²) in [6.07, 6.45) is 1.84. The first-order valence-corrected chi connectivity index (χ1v) is 8.65. The number of nitrogens with zero attached hydrogens (tertiary/aromatic N) is 2. The molecule has 0 radical (unpaired) electrons. The van der Waals surface area contributed by atoms with Crippen LogP contribution in [0.1, 0.15) is 5.56 Å². The van der Waals surface area contributed by atoms with Gasteiger partial charge in [0, 0.05) is 23.1 Å². The Morgan fingerprint density at radius 2 is 2.04 bits per heavy atom. The highest BCUT2D eigenvalue weighted by molar-refractivity contribution is 9.11. The quantitative estimate of drug-likeness (QED) is 0.549. The molecular weight excluding hydrogens is 422 g/mol. The molecule has 0 aliphatic rings. The number of phenols is 1. The van der Waals surface area contributed by atoms with Gasteiger partial charge in [0.15, 0.2) is 0 Å². The number of nitrogens with one attached hydrogen (secondary N) is 1. The molecule has 0 fully saturated rings. The third kappa shape index (κ3) is 3.28. The maximum Gasteiger partial charge on any atom is 0.204 e. The first-order valence-electron chi connectivity index (χ1n) is 7.07. The zero-order valence-corrected chi connectivity index (χ0v) is 15.4. The van der Waals surface area contributed by atoms with Gasteiger partial charge in [-0.25, -0.2) is 4.98 Å². The summed E-state index contributed by atoms with van der Waals surface area (Å²) in [6.45, 7) is 4.94. The number of hydrogen-bond acceptors (Lipinski definition) is 3. The molecule has 2 N–H and O–H groups in total. The molecular formula is C17H15Br2N3O. The van der Waals surface area contributed by atoms with Crippen LogP contribution in [0.5, 0.6) is 5.75 Å². The lowest BCUT2D eigenvalue weighted by Crippen LogP contribution is -2.07. The van der Waals surface area contributed by atoms with Crippen LogP contribution >= 0.6 is 31.9 Å². The lowest BCUT2D eigenvalue weighted by molar-refractivity contribution is 0.465. The maximum atomic E-state index is 10.2. The van der Waals surface area contributed by atoms with Crippen molar-refractivity contribution in [2.24, 2.45) is 0 Å². The summed E-state index contributed by atoms with van der Waals surface area (Å²) < 4.78 is 3.62. The number of aromatic nitrogens is 2. The van der Waals surface area contributed by atoms with E-state index in [1.54, 1.807) is 0 Å². The average Bonchev–Trinajstić information content (AvgIpc) is 2.88. The molecule has 2 aromatic carbocycles. The lowest BCUT2D eigenvalue weighted by Gasteiger charge is -2.11. The van der Waals surface area contributed by atoms with Crippen molar-refractivity contribution < 1.29 is 5.11 Å². The van der Waals surface area contributed by atoms with Gasteiger partial charge in [-0.3, -0.25) is 0 Å². The number of aromatic hydroxyl groups is 1. The summed E-state index contributed by atoms with van der Waals surface area (Å²) in [7, 11) is 0. The van der Waals surface area contributed by atoms with Crippen molar-refractivity contribution in [1.29, 1.82) is 0 Å². The minimum Gasteiger partial charge on any atom is -0.506 e. The molecule has 0 amide bonds. The number of imidazole rings is 1. The first-order chi connectivity index (χ1) is 11.1. The van der Waals surface area contributed by atoms with Gasteiger partial charge >= 0.3 is 0 Å². The highest BCUT2D eigenvalue weighted by atomic mass is 79.9. The van der Waals surface area contributed by atoms with Crippen LogP contribution in [0, 0.1) is 0 Å². The summed E-state index contributed by atoms with van der Waals surface area (Å²) in [5.41, 5.74) is 2.76. The number of allylic oxidation sites excluding steroid dienone is 1. The van der Waals surface area contributed by atoms with Gasteiger partial charge in [-0.05, 0) is 40.2 Å². The molecule has 3 aromatic rings. The van der Waals surface area contributed by atoms with Gasteiger partial charge in [-0.15, -0.1) is 6.58 Å². The average molecular weight is 437 g/mol. The fourth-order valence-electron chi connectivity index (χ4n) is 2.45. The second-order valence-electron chi connectivity index (χ2n) is 5.07. The Morgan fingerprint density at radius 1 is 1.26 bits per heavy atom. The highest BCUT2D eigenvalue weighted by Crippen LogP contribution is 2.32. The van der Waals surface area contributed by atoms with Crippen molar-refractivity contribution in [2.45, 2.75) is 13.1 Å². The molecule has 0 unspecified atom stereocenters. The van der Waals surface area contributed by atoms with Crippen LogP contribution in [0.3, 0.4) is 0 Å². The summed E-state index contributed by atoms with van der Waals surface area (Å²) >= 11 is 6.79. The third-order valence-corrected chi connectivity index (χ3v) is 4.57. The van der Waals surface area contributed by atoms with Gasteiger partial charge in [0.1, 0.15) is 5.75 Å². The SMILES string of the molecule is C=CCn1c(NCc2cc(Br)cc(Br)c2O)nc2ccccc21. The molecule has 6 heteroatoms. The number of fused-ring (bicyclic) bond motifs is 1. The van der Waals surface area contributed by atoms with Crippen LogP contribution in [0.2, 0.25) is 0 Å². The monoisotopic (exact) mass is 435 g/mol. The molecule has 0 saturated heterocycles. The lowest BCUT2D eigenvalue weighted by atomic mass is 10.2. The molecule has 1 heterocycles. The third-order valence-electron chi connectivity index (χ3n) is 3.51. The van der Waals surface area contributed by atoms with Crippen molar-refractivity contribution in [3.8, 4) is 5.75 Å². The summed E-state index contributed by atoms with van der Waals surface area (Å²) in [6, 6.07) is 11.7. The van der Waals surface area contributed by atoms with E-state index in [0.29, 0.717) is 17.6 Å². The minimum atomic E-state index is 0.229. The fraction of sp³-hybridized carbons (Fsp3) is 0.118. The predicted molar refractivity (Wildman–Crippen MR) is 101 cm³/mol. The Balaban J connectivity index is 1.93. The number of phenolic OH excluding ortho intramolecular Hbond substituents is 1. The van der Waals surface area contributed by atoms with Gasteiger partial charge in [0.05, 0.1) is 15.5 Å². The number of halogens is 2. The Labute approximate surface area is 151 Å². The molecule has 1 aromatic heterocycles. The van der Waals surface area contributed by atoms with E-state index in [0.717, 1.165) is 27.0 Å². The van der Waals surface area contributed by atoms with E-state index in [1.165, 1.54) is 0 Å². The van der Waals surface area contributed by atoms with Crippen LogP contribution in [0.15, 0.2) is 58.0 Å². The van der Waals surface area contributed by atoms with E-state index in [2.05, 4.69) is 53.3 Å². The zero-order chi connectivity index (χ0) is 16.4. The first kappa shape index (κ1) is 16.1. The smallest absolute Gasteiger partial charge is 0.204 e. The number of para-hydroxylation sites is 2. The van der Waals surface area contributed by atoms with E-state index in [9.17, 15) is 5.11 Å². The van der Waals surface area contributed by atoms with Gasteiger partial charge in [0.2, 0.25) is 5.95 Å². The van der Waals surface area contributed by atoms with Gasteiger partial charge < -0.3 is 15.0 Å². The second kappa shape index (κ2) is 6.76. The molecule has 0 aliphatic carbocycles. The fourth-order valence-corrected chi connectivity index (χ4v) is 3.77. The van der Waals surface area contributed by atoms with Crippen molar-refractivity contribution in [3.05, 3.63) is 63.6 Å². The topological polar surface area (TPSA) is 50.1 Å². The molecule has 118 valence electrons. The van der Waals surface area contributed by atoms with E-state index in [1.807, 2.05) is 42.5 Å². The molecule has 0 saturated carbocycles. The largest absolute Gasteiger partial charge is 0.506 e. The summed E-state index contributed by atoms with van der Waals surface area (Å²) in [5, 5.41) is 13.5. The zero-order valence-electron chi connectivity index (χ0n) is 12.3. The standard InChI is InChI=1S/C17H15Br2N3O/c1-2-7-22-15-6-4-3-5-14(15)21-17(22)20-10-11-8-12(18)9-13(19)16(11)23/h2-6,8-9,23H,1,7,10H2,(H,20,21). The summed E-state index contributed by atoms with van der Waals surface area (Å²) in [5.74, 6) is 0.980. The number of hydrogen-bond donors (Lipinski definition) is 2.